The molecular weight excluding hydrogens is 226 g/mol. The molecule has 94 valence electrons. The van der Waals surface area contributed by atoms with Crippen LogP contribution < -0.4 is 10.2 Å². The van der Waals surface area contributed by atoms with Crippen LogP contribution in [-0.4, -0.2) is 25.0 Å². The highest BCUT2D eigenvalue weighted by Gasteiger charge is 2.06. The van der Waals surface area contributed by atoms with E-state index < -0.39 is 0 Å². The molecule has 2 aromatic rings. The lowest BCUT2D eigenvalue weighted by Gasteiger charge is -2.13. The number of amides is 1. The number of H-pyrrole nitrogens is 1. The maximum atomic E-state index is 12.0. The first kappa shape index (κ1) is 12.2. The van der Waals surface area contributed by atoms with Gasteiger partial charge in [-0.1, -0.05) is 6.07 Å². The predicted octanol–water partition coefficient (Wildman–Crippen LogP) is 2.01. The van der Waals surface area contributed by atoms with E-state index in [1.54, 1.807) is 0 Å². The fourth-order valence-electron chi connectivity index (χ4n) is 1.68. The number of carbonyl (C=O) groups excluding carboxylic acids is 1. The van der Waals surface area contributed by atoms with E-state index in [0.29, 0.717) is 12.1 Å². The summed E-state index contributed by atoms with van der Waals surface area (Å²) in [5.41, 5.74) is 2.76. The van der Waals surface area contributed by atoms with Crippen molar-refractivity contribution in [3.05, 3.63) is 53.9 Å². The van der Waals surface area contributed by atoms with Gasteiger partial charge in [-0.2, -0.15) is 0 Å². The zero-order chi connectivity index (χ0) is 13.0. The Balaban J connectivity index is 2.02. The molecule has 0 aliphatic heterocycles. The topological polar surface area (TPSA) is 48.1 Å². The zero-order valence-corrected chi connectivity index (χ0v) is 10.6. The molecule has 1 heterocycles. The second-order valence-electron chi connectivity index (χ2n) is 4.35. The Morgan fingerprint density at radius 1 is 1.33 bits per heavy atom. The lowest BCUT2D eigenvalue weighted by atomic mass is 10.2. The second kappa shape index (κ2) is 5.40. The van der Waals surface area contributed by atoms with E-state index in [9.17, 15) is 4.79 Å². The van der Waals surface area contributed by atoms with Crippen LogP contribution >= 0.6 is 0 Å². The van der Waals surface area contributed by atoms with Gasteiger partial charge in [-0.25, -0.2) is 0 Å². The van der Waals surface area contributed by atoms with E-state index in [0.717, 1.165) is 11.3 Å². The summed E-state index contributed by atoms with van der Waals surface area (Å²) in [6, 6.07) is 9.51. The number of benzene rings is 1. The fourth-order valence-corrected chi connectivity index (χ4v) is 1.68. The molecule has 0 unspecified atom stereocenters. The summed E-state index contributed by atoms with van der Waals surface area (Å²) in [4.78, 5) is 16.9. The lowest BCUT2D eigenvalue weighted by Crippen LogP contribution is -2.22. The van der Waals surface area contributed by atoms with Gasteiger partial charge < -0.3 is 15.2 Å². The van der Waals surface area contributed by atoms with Crippen molar-refractivity contribution in [2.24, 2.45) is 0 Å². The molecule has 2 rings (SSSR count). The summed E-state index contributed by atoms with van der Waals surface area (Å²) in [6.07, 6.45) is 3.71. The van der Waals surface area contributed by atoms with Gasteiger partial charge >= 0.3 is 0 Å². The van der Waals surface area contributed by atoms with Gasteiger partial charge in [0.15, 0.2) is 0 Å². The van der Waals surface area contributed by atoms with E-state index in [1.165, 1.54) is 0 Å². The molecule has 4 heteroatoms. The third-order valence-corrected chi connectivity index (χ3v) is 2.74. The minimum absolute atomic E-state index is 0.0556. The van der Waals surface area contributed by atoms with E-state index in [4.69, 9.17) is 0 Å². The Morgan fingerprint density at radius 3 is 2.83 bits per heavy atom. The number of nitrogens with zero attached hydrogens (tertiary/aromatic N) is 1. The molecule has 18 heavy (non-hydrogen) atoms. The third kappa shape index (κ3) is 2.91. The third-order valence-electron chi connectivity index (χ3n) is 2.74. The van der Waals surface area contributed by atoms with E-state index in [2.05, 4.69) is 10.3 Å². The summed E-state index contributed by atoms with van der Waals surface area (Å²) < 4.78 is 0. The largest absolute Gasteiger partial charge is 0.378 e. The van der Waals surface area contributed by atoms with Crippen molar-refractivity contribution >= 4 is 11.6 Å². The minimum atomic E-state index is -0.0556. The molecule has 0 spiro atoms. The molecule has 1 aromatic carbocycles. The number of rotatable bonds is 4. The Labute approximate surface area is 107 Å². The highest BCUT2D eigenvalue weighted by molar-refractivity contribution is 5.95. The normalized spacial score (nSPS) is 10.1. The smallest absolute Gasteiger partial charge is 0.251 e. The molecule has 0 radical (unpaired) electrons. The highest BCUT2D eigenvalue weighted by Crippen LogP contribution is 2.13. The highest BCUT2D eigenvalue weighted by atomic mass is 16.1. The Kier molecular flexibility index (Phi) is 3.67. The summed E-state index contributed by atoms with van der Waals surface area (Å²) >= 11 is 0. The summed E-state index contributed by atoms with van der Waals surface area (Å²) in [6.45, 7) is 0.536. The maximum Gasteiger partial charge on any atom is 0.251 e. The van der Waals surface area contributed by atoms with Crippen molar-refractivity contribution in [2.75, 3.05) is 19.0 Å². The molecule has 0 fully saturated rings. The van der Waals surface area contributed by atoms with Crippen LogP contribution in [0, 0.1) is 0 Å². The van der Waals surface area contributed by atoms with E-state index in [1.807, 2.05) is 61.7 Å². The van der Waals surface area contributed by atoms with Crippen LogP contribution in [0.5, 0.6) is 0 Å². The van der Waals surface area contributed by atoms with Crippen molar-refractivity contribution in [2.45, 2.75) is 6.54 Å². The summed E-state index contributed by atoms with van der Waals surface area (Å²) in [7, 11) is 3.91. The average Bonchev–Trinajstić information content (AvgIpc) is 2.89. The van der Waals surface area contributed by atoms with Gasteiger partial charge in [0.2, 0.25) is 0 Å². The number of hydrogen-bond donors (Lipinski definition) is 2. The molecule has 0 saturated heterocycles. The van der Waals surface area contributed by atoms with Crippen molar-refractivity contribution in [1.29, 1.82) is 0 Å². The Hall–Kier alpha value is -2.23. The van der Waals surface area contributed by atoms with E-state index in [-0.39, 0.29) is 5.91 Å². The van der Waals surface area contributed by atoms with Crippen LogP contribution in [0.3, 0.4) is 0 Å². The summed E-state index contributed by atoms with van der Waals surface area (Å²) in [5.74, 6) is -0.0556. The zero-order valence-electron chi connectivity index (χ0n) is 10.6. The maximum absolute atomic E-state index is 12.0. The van der Waals surface area contributed by atoms with Gasteiger partial charge in [-0.05, 0) is 29.8 Å². The van der Waals surface area contributed by atoms with Crippen LogP contribution in [0.2, 0.25) is 0 Å². The molecule has 0 atom stereocenters. The molecule has 1 amide bonds. The predicted molar refractivity (Wildman–Crippen MR) is 72.7 cm³/mol. The molecule has 1 aromatic heterocycles. The molecule has 0 aliphatic carbocycles. The first-order valence-corrected chi connectivity index (χ1v) is 5.84. The van der Waals surface area contributed by atoms with Crippen molar-refractivity contribution in [3.8, 4) is 0 Å². The van der Waals surface area contributed by atoms with Crippen LogP contribution in [0.4, 0.5) is 5.69 Å². The van der Waals surface area contributed by atoms with Crippen molar-refractivity contribution < 1.29 is 4.79 Å². The summed E-state index contributed by atoms with van der Waals surface area (Å²) in [5, 5.41) is 2.89. The number of carbonyl (C=O) groups is 1. The van der Waals surface area contributed by atoms with Crippen LogP contribution in [0.1, 0.15) is 15.9 Å². The second-order valence-corrected chi connectivity index (χ2v) is 4.35. The monoisotopic (exact) mass is 243 g/mol. The average molecular weight is 243 g/mol. The Morgan fingerprint density at radius 2 is 2.17 bits per heavy atom. The van der Waals surface area contributed by atoms with Crippen LogP contribution in [0.15, 0.2) is 42.7 Å². The van der Waals surface area contributed by atoms with E-state index >= 15 is 0 Å². The molecule has 0 saturated carbocycles. The number of nitrogens with one attached hydrogen (secondary N) is 2. The van der Waals surface area contributed by atoms with Crippen molar-refractivity contribution in [1.82, 2.24) is 10.3 Å². The minimum Gasteiger partial charge on any atom is -0.378 e. The SMILES string of the molecule is CN(C)c1cccc(C(=O)NCc2cc[nH]c2)c1. The van der Waals surface area contributed by atoms with Gasteiger partial charge in [0, 0.05) is 44.3 Å². The van der Waals surface area contributed by atoms with Gasteiger partial charge in [0.05, 0.1) is 0 Å². The molecule has 2 N–H and O–H groups in total. The first-order chi connectivity index (χ1) is 8.66. The number of aromatic amines is 1. The fraction of sp³-hybridized carbons (Fsp3) is 0.214. The Bertz CT molecular complexity index is 518. The molecule has 0 bridgehead atoms. The van der Waals surface area contributed by atoms with Gasteiger partial charge in [0.1, 0.15) is 0 Å². The van der Waals surface area contributed by atoms with Crippen LogP contribution in [0.25, 0.3) is 0 Å². The number of hydrogen-bond acceptors (Lipinski definition) is 2. The number of aromatic nitrogens is 1. The molecule has 0 aliphatic rings. The van der Waals surface area contributed by atoms with Gasteiger partial charge in [0.25, 0.3) is 5.91 Å². The van der Waals surface area contributed by atoms with Crippen molar-refractivity contribution in [3.63, 3.8) is 0 Å². The standard InChI is InChI=1S/C14H17N3O/c1-17(2)13-5-3-4-12(8-13)14(18)16-10-11-6-7-15-9-11/h3-9,15H,10H2,1-2H3,(H,16,18). The molecule has 4 nitrogen and oxygen atoms in total. The van der Waals surface area contributed by atoms with Crippen LogP contribution in [-0.2, 0) is 6.54 Å². The lowest BCUT2D eigenvalue weighted by molar-refractivity contribution is 0.0951. The number of anilines is 1. The quantitative estimate of drug-likeness (QED) is 0.863. The van der Waals surface area contributed by atoms with Gasteiger partial charge in [-0.15, -0.1) is 0 Å². The molecular formula is C14H17N3O. The first-order valence-electron chi connectivity index (χ1n) is 5.84. The van der Waals surface area contributed by atoms with Gasteiger partial charge in [-0.3, -0.25) is 4.79 Å².